The summed E-state index contributed by atoms with van der Waals surface area (Å²) in [6, 6.07) is 7.62. The van der Waals surface area contributed by atoms with Crippen molar-refractivity contribution in [3.63, 3.8) is 0 Å². The average molecular weight is 341 g/mol. The third-order valence-corrected chi connectivity index (χ3v) is 4.53. The number of carbonyl (C=O) groups excluding carboxylic acids is 1. The maximum absolute atomic E-state index is 12.6. The molecule has 0 saturated carbocycles. The molecule has 0 aliphatic carbocycles. The fourth-order valence-corrected chi connectivity index (χ4v) is 3.05. The van der Waals surface area contributed by atoms with Crippen molar-refractivity contribution in [2.45, 2.75) is 25.9 Å². The zero-order chi connectivity index (χ0) is 17.8. The van der Waals surface area contributed by atoms with Gasteiger partial charge >= 0.3 is 6.03 Å². The first-order valence-electron chi connectivity index (χ1n) is 8.31. The molecular formula is C19H23N3O3. The van der Waals surface area contributed by atoms with Crippen LogP contribution in [0.15, 0.2) is 36.7 Å². The second-order valence-corrected chi connectivity index (χ2v) is 6.10. The molecule has 0 radical (unpaired) electrons. The van der Waals surface area contributed by atoms with Gasteiger partial charge < -0.3 is 19.7 Å². The summed E-state index contributed by atoms with van der Waals surface area (Å²) < 4.78 is 10.7. The van der Waals surface area contributed by atoms with E-state index in [0.29, 0.717) is 18.8 Å². The molecule has 1 aromatic heterocycles. The van der Waals surface area contributed by atoms with Crippen molar-refractivity contribution in [1.29, 1.82) is 0 Å². The average Bonchev–Trinajstić information content (AvgIpc) is 2.66. The van der Waals surface area contributed by atoms with Crippen LogP contribution in [0.2, 0.25) is 0 Å². The van der Waals surface area contributed by atoms with Crippen molar-refractivity contribution in [1.82, 2.24) is 15.2 Å². The van der Waals surface area contributed by atoms with E-state index in [0.717, 1.165) is 23.3 Å². The molecule has 0 bridgehead atoms. The highest BCUT2D eigenvalue weighted by molar-refractivity contribution is 5.75. The van der Waals surface area contributed by atoms with Crippen molar-refractivity contribution in [2.24, 2.45) is 0 Å². The largest absolute Gasteiger partial charge is 0.493 e. The van der Waals surface area contributed by atoms with E-state index in [1.54, 1.807) is 26.6 Å². The summed E-state index contributed by atoms with van der Waals surface area (Å²) in [6.07, 6.45) is 4.29. The van der Waals surface area contributed by atoms with E-state index in [-0.39, 0.29) is 12.1 Å². The predicted octanol–water partition coefficient (Wildman–Crippen LogP) is 2.93. The maximum atomic E-state index is 12.6. The topological polar surface area (TPSA) is 63.7 Å². The van der Waals surface area contributed by atoms with Gasteiger partial charge in [0.05, 0.1) is 20.3 Å². The molecule has 1 aliphatic heterocycles. The van der Waals surface area contributed by atoms with E-state index in [1.165, 1.54) is 5.56 Å². The highest BCUT2D eigenvalue weighted by Gasteiger charge is 2.23. The predicted molar refractivity (Wildman–Crippen MR) is 94.8 cm³/mol. The zero-order valence-corrected chi connectivity index (χ0v) is 14.8. The molecule has 3 rings (SSSR count). The highest BCUT2D eigenvalue weighted by atomic mass is 16.5. The minimum atomic E-state index is -0.0898. The quantitative estimate of drug-likeness (QED) is 0.929. The molecule has 0 saturated heterocycles. The maximum Gasteiger partial charge on any atom is 0.318 e. The van der Waals surface area contributed by atoms with Gasteiger partial charge in [0.2, 0.25) is 0 Å². The fraction of sp³-hybridized carbons (Fsp3) is 0.368. The Morgan fingerprint density at radius 3 is 2.60 bits per heavy atom. The molecule has 6 heteroatoms. The van der Waals surface area contributed by atoms with Crippen LogP contribution in [0.1, 0.15) is 29.7 Å². The van der Waals surface area contributed by atoms with E-state index in [1.807, 2.05) is 36.1 Å². The highest BCUT2D eigenvalue weighted by Crippen LogP contribution is 2.33. The molecule has 0 spiro atoms. The van der Waals surface area contributed by atoms with Gasteiger partial charge in [0, 0.05) is 25.5 Å². The van der Waals surface area contributed by atoms with Crippen molar-refractivity contribution >= 4 is 6.03 Å². The second-order valence-electron chi connectivity index (χ2n) is 6.10. The molecule has 1 atom stereocenters. The smallest absolute Gasteiger partial charge is 0.318 e. The summed E-state index contributed by atoms with van der Waals surface area (Å²) in [4.78, 5) is 18.5. The summed E-state index contributed by atoms with van der Waals surface area (Å²) in [5, 5.41) is 3.04. The van der Waals surface area contributed by atoms with Gasteiger partial charge in [0.15, 0.2) is 11.5 Å². The molecule has 1 aliphatic rings. The Kier molecular flexibility index (Phi) is 5.07. The molecular weight excluding hydrogens is 318 g/mol. The monoisotopic (exact) mass is 341 g/mol. The Hall–Kier alpha value is -2.76. The number of methoxy groups -OCH3 is 2. The lowest BCUT2D eigenvalue weighted by Gasteiger charge is -2.30. The number of fused-ring (bicyclic) bond motifs is 1. The minimum absolute atomic E-state index is 0.0724. The normalized spacial score (nSPS) is 14.4. The number of rotatable bonds is 4. The number of benzene rings is 1. The van der Waals surface area contributed by atoms with E-state index in [2.05, 4.69) is 10.3 Å². The SMILES string of the molecule is COc1cc2c(cc1OC)CN(C(=O)N[C@@H](C)c1cccnc1)CC2. The van der Waals surface area contributed by atoms with E-state index < -0.39 is 0 Å². The number of hydrogen-bond acceptors (Lipinski definition) is 4. The number of hydrogen-bond donors (Lipinski definition) is 1. The Labute approximate surface area is 147 Å². The summed E-state index contributed by atoms with van der Waals surface area (Å²) in [7, 11) is 3.25. The summed E-state index contributed by atoms with van der Waals surface area (Å²) in [5.41, 5.74) is 3.27. The molecule has 1 aromatic carbocycles. The molecule has 1 N–H and O–H groups in total. The summed E-state index contributed by atoms with van der Waals surface area (Å²) >= 11 is 0. The van der Waals surface area contributed by atoms with Crippen molar-refractivity contribution < 1.29 is 14.3 Å². The first kappa shape index (κ1) is 17.1. The molecule has 0 unspecified atom stereocenters. The molecule has 6 nitrogen and oxygen atoms in total. The molecule has 2 heterocycles. The van der Waals surface area contributed by atoms with Crippen LogP contribution in [0.5, 0.6) is 11.5 Å². The number of nitrogens with zero attached hydrogens (tertiary/aromatic N) is 2. The second kappa shape index (κ2) is 7.42. The van der Waals surface area contributed by atoms with Gasteiger partial charge in [-0.2, -0.15) is 0 Å². The number of amides is 2. The summed E-state index contributed by atoms with van der Waals surface area (Å²) in [5.74, 6) is 1.41. The lowest BCUT2D eigenvalue weighted by molar-refractivity contribution is 0.189. The van der Waals surface area contributed by atoms with Gasteiger partial charge in [-0.05, 0) is 48.2 Å². The third kappa shape index (κ3) is 3.68. The Morgan fingerprint density at radius 2 is 1.96 bits per heavy atom. The van der Waals surface area contributed by atoms with Crippen LogP contribution in [0.25, 0.3) is 0 Å². The zero-order valence-electron chi connectivity index (χ0n) is 14.8. The minimum Gasteiger partial charge on any atom is -0.493 e. The van der Waals surface area contributed by atoms with Gasteiger partial charge in [-0.1, -0.05) is 6.07 Å². The van der Waals surface area contributed by atoms with Crippen molar-refractivity contribution in [3.05, 3.63) is 53.3 Å². The standard InChI is InChI=1S/C19H23N3O3/c1-13(15-5-4-7-20-11-15)21-19(23)22-8-6-14-9-17(24-2)18(25-3)10-16(14)12-22/h4-5,7,9-11,13H,6,8,12H2,1-3H3,(H,21,23)/t13-/m0/s1. The van der Waals surface area contributed by atoms with Gasteiger partial charge in [-0.3, -0.25) is 4.98 Å². The van der Waals surface area contributed by atoms with Crippen LogP contribution >= 0.6 is 0 Å². The molecule has 2 aromatic rings. The third-order valence-electron chi connectivity index (χ3n) is 4.53. The van der Waals surface area contributed by atoms with Crippen LogP contribution in [0.3, 0.4) is 0 Å². The Balaban J connectivity index is 1.70. The van der Waals surface area contributed by atoms with Crippen LogP contribution in [-0.2, 0) is 13.0 Å². The van der Waals surface area contributed by atoms with Gasteiger partial charge in [0.1, 0.15) is 0 Å². The van der Waals surface area contributed by atoms with Gasteiger partial charge in [0.25, 0.3) is 0 Å². The van der Waals surface area contributed by atoms with Crippen LogP contribution in [0, 0.1) is 0 Å². The number of ether oxygens (including phenoxy) is 2. The van der Waals surface area contributed by atoms with Gasteiger partial charge in [-0.15, -0.1) is 0 Å². The lowest BCUT2D eigenvalue weighted by Crippen LogP contribution is -2.43. The van der Waals surface area contributed by atoms with E-state index >= 15 is 0 Å². The number of urea groups is 1. The van der Waals surface area contributed by atoms with E-state index in [4.69, 9.17) is 9.47 Å². The molecule has 132 valence electrons. The molecule has 0 fully saturated rings. The number of pyridine rings is 1. The van der Waals surface area contributed by atoms with Crippen molar-refractivity contribution in [3.8, 4) is 11.5 Å². The van der Waals surface area contributed by atoms with Crippen LogP contribution < -0.4 is 14.8 Å². The Morgan fingerprint density at radius 1 is 1.24 bits per heavy atom. The van der Waals surface area contributed by atoms with E-state index in [9.17, 15) is 4.79 Å². The first-order valence-corrected chi connectivity index (χ1v) is 8.31. The van der Waals surface area contributed by atoms with Gasteiger partial charge in [-0.25, -0.2) is 4.79 Å². The summed E-state index contributed by atoms with van der Waals surface area (Å²) in [6.45, 7) is 3.19. The number of carbonyl (C=O) groups is 1. The van der Waals surface area contributed by atoms with Crippen molar-refractivity contribution in [2.75, 3.05) is 20.8 Å². The van der Waals surface area contributed by atoms with Crippen LogP contribution in [-0.4, -0.2) is 36.7 Å². The lowest BCUT2D eigenvalue weighted by atomic mass is 9.99. The Bertz CT molecular complexity index is 749. The number of aromatic nitrogens is 1. The first-order chi connectivity index (χ1) is 12.1. The van der Waals surface area contributed by atoms with Crippen LogP contribution in [0.4, 0.5) is 4.79 Å². The molecule has 25 heavy (non-hydrogen) atoms. The number of nitrogens with one attached hydrogen (secondary N) is 1. The fourth-order valence-electron chi connectivity index (χ4n) is 3.05. The molecule has 2 amide bonds.